The molecule has 0 saturated carbocycles. The molecule has 0 unspecified atom stereocenters. The van der Waals surface area contributed by atoms with Gasteiger partial charge in [0.2, 0.25) is 0 Å². The summed E-state index contributed by atoms with van der Waals surface area (Å²) in [7, 11) is -3.35. The summed E-state index contributed by atoms with van der Waals surface area (Å²) in [5, 5.41) is 0. The van der Waals surface area contributed by atoms with Gasteiger partial charge in [0.15, 0.2) is 9.84 Å². The van der Waals surface area contributed by atoms with E-state index in [-0.39, 0.29) is 17.1 Å². The Kier molecular flexibility index (Phi) is 3.77. The largest absolute Gasteiger partial charge is 0.228 e. The van der Waals surface area contributed by atoms with E-state index in [1.807, 2.05) is 6.07 Å². The SMILES string of the molecule is O=S(=O)(Cc1ccccc1)Cc1ccccc1F. The van der Waals surface area contributed by atoms with Crippen molar-refractivity contribution in [1.29, 1.82) is 0 Å². The van der Waals surface area contributed by atoms with Gasteiger partial charge in [-0.15, -0.1) is 0 Å². The summed E-state index contributed by atoms with van der Waals surface area (Å²) >= 11 is 0. The van der Waals surface area contributed by atoms with Crippen molar-refractivity contribution in [2.24, 2.45) is 0 Å². The smallest absolute Gasteiger partial charge is 0.158 e. The Hall–Kier alpha value is -1.68. The van der Waals surface area contributed by atoms with E-state index >= 15 is 0 Å². The van der Waals surface area contributed by atoms with Crippen LogP contribution < -0.4 is 0 Å². The Bertz CT molecular complexity index is 621. The molecule has 0 aliphatic heterocycles. The molecular weight excluding hydrogens is 251 g/mol. The Labute approximate surface area is 106 Å². The first kappa shape index (κ1) is 12.8. The van der Waals surface area contributed by atoms with Crippen molar-refractivity contribution in [3.63, 3.8) is 0 Å². The van der Waals surface area contributed by atoms with Gasteiger partial charge in [-0.25, -0.2) is 12.8 Å². The van der Waals surface area contributed by atoms with Crippen LogP contribution in [-0.2, 0) is 21.3 Å². The van der Waals surface area contributed by atoms with Crippen LogP contribution in [0, 0.1) is 5.82 Å². The lowest BCUT2D eigenvalue weighted by Gasteiger charge is -2.05. The first-order chi connectivity index (χ1) is 8.57. The van der Waals surface area contributed by atoms with E-state index in [1.54, 1.807) is 36.4 Å². The van der Waals surface area contributed by atoms with Gasteiger partial charge < -0.3 is 0 Å². The van der Waals surface area contributed by atoms with Crippen molar-refractivity contribution in [2.75, 3.05) is 0 Å². The number of rotatable bonds is 4. The monoisotopic (exact) mass is 264 g/mol. The number of halogens is 1. The summed E-state index contributed by atoms with van der Waals surface area (Å²) in [6, 6.07) is 14.8. The highest BCUT2D eigenvalue weighted by atomic mass is 32.2. The van der Waals surface area contributed by atoms with Crippen LogP contribution >= 0.6 is 0 Å². The zero-order valence-electron chi connectivity index (χ0n) is 9.71. The summed E-state index contributed by atoms with van der Waals surface area (Å²) in [5.41, 5.74) is 0.933. The van der Waals surface area contributed by atoms with Crippen molar-refractivity contribution in [1.82, 2.24) is 0 Å². The van der Waals surface area contributed by atoms with Gasteiger partial charge in [0.25, 0.3) is 0 Å². The van der Waals surface area contributed by atoms with Gasteiger partial charge >= 0.3 is 0 Å². The van der Waals surface area contributed by atoms with Crippen LogP contribution in [-0.4, -0.2) is 8.42 Å². The normalized spacial score (nSPS) is 11.4. The summed E-state index contributed by atoms with van der Waals surface area (Å²) in [6.45, 7) is 0. The molecule has 0 bridgehead atoms. The van der Waals surface area contributed by atoms with Crippen LogP contribution in [0.1, 0.15) is 11.1 Å². The molecule has 2 rings (SSSR count). The van der Waals surface area contributed by atoms with E-state index in [0.29, 0.717) is 5.56 Å². The molecule has 0 amide bonds. The third kappa shape index (κ3) is 3.40. The third-order valence-corrected chi connectivity index (χ3v) is 4.09. The second-order valence-electron chi connectivity index (χ2n) is 4.11. The predicted octanol–water partition coefficient (Wildman–Crippen LogP) is 2.94. The molecule has 0 radical (unpaired) electrons. The molecule has 2 aromatic rings. The Balaban J connectivity index is 2.16. The minimum absolute atomic E-state index is 0.0673. The lowest BCUT2D eigenvalue weighted by atomic mass is 10.2. The Morgan fingerprint density at radius 2 is 1.44 bits per heavy atom. The summed E-state index contributed by atoms with van der Waals surface area (Å²) in [4.78, 5) is 0. The van der Waals surface area contributed by atoms with Gasteiger partial charge in [-0.2, -0.15) is 0 Å². The number of hydrogen-bond acceptors (Lipinski definition) is 2. The maximum atomic E-state index is 13.4. The predicted molar refractivity (Wildman–Crippen MR) is 69.2 cm³/mol. The van der Waals surface area contributed by atoms with Crippen molar-refractivity contribution in [2.45, 2.75) is 11.5 Å². The van der Waals surface area contributed by atoms with E-state index in [4.69, 9.17) is 0 Å². The molecule has 18 heavy (non-hydrogen) atoms. The van der Waals surface area contributed by atoms with Crippen molar-refractivity contribution < 1.29 is 12.8 Å². The van der Waals surface area contributed by atoms with Crippen LogP contribution in [0.15, 0.2) is 54.6 Å². The molecule has 2 nitrogen and oxygen atoms in total. The highest BCUT2D eigenvalue weighted by molar-refractivity contribution is 7.89. The molecule has 0 spiro atoms. The number of hydrogen-bond donors (Lipinski definition) is 0. The van der Waals surface area contributed by atoms with Crippen LogP contribution in [0.25, 0.3) is 0 Å². The molecular formula is C14H13FO2S. The van der Waals surface area contributed by atoms with Gasteiger partial charge in [0, 0.05) is 5.56 Å². The Morgan fingerprint density at radius 1 is 0.833 bits per heavy atom. The average molecular weight is 264 g/mol. The van der Waals surface area contributed by atoms with E-state index < -0.39 is 15.7 Å². The molecule has 0 N–H and O–H groups in total. The van der Waals surface area contributed by atoms with E-state index in [0.717, 1.165) is 0 Å². The minimum Gasteiger partial charge on any atom is -0.228 e. The maximum absolute atomic E-state index is 13.4. The molecule has 0 saturated heterocycles. The molecule has 94 valence electrons. The minimum atomic E-state index is -3.35. The summed E-state index contributed by atoms with van der Waals surface area (Å²) in [5.74, 6) is -0.814. The maximum Gasteiger partial charge on any atom is 0.158 e. The molecule has 0 heterocycles. The lowest BCUT2D eigenvalue weighted by Crippen LogP contribution is -2.08. The van der Waals surface area contributed by atoms with Crippen LogP contribution in [0.2, 0.25) is 0 Å². The molecule has 2 aromatic carbocycles. The van der Waals surface area contributed by atoms with Crippen molar-refractivity contribution in [3.05, 3.63) is 71.5 Å². The molecule has 0 aliphatic carbocycles. The van der Waals surface area contributed by atoms with Crippen LogP contribution in [0.4, 0.5) is 4.39 Å². The van der Waals surface area contributed by atoms with Gasteiger partial charge in [0.1, 0.15) is 5.82 Å². The number of benzene rings is 2. The molecule has 4 heteroatoms. The fourth-order valence-corrected chi connectivity index (χ4v) is 3.24. The average Bonchev–Trinajstić information content (AvgIpc) is 2.32. The second kappa shape index (κ2) is 5.31. The summed E-state index contributed by atoms with van der Waals surface area (Å²) < 4.78 is 37.3. The standard InChI is InChI=1S/C14H13FO2S/c15-14-9-5-4-8-13(14)11-18(16,17)10-12-6-2-1-3-7-12/h1-9H,10-11H2. The van der Waals surface area contributed by atoms with Gasteiger partial charge in [0.05, 0.1) is 11.5 Å². The lowest BCUT2D eigenvalue weighted by molar-refractivity contribution is 0.586. The van der Waals surface area contributed by atoms with Gasteiger partial charge in [-0.1, -0.05) is 48.5 Å². The zero-order valence-corrected chi connectivity index (χ0v) is 10.5. The fraction of sp³-hybridized carbons (Fsp3) is 0.143. The van der Waals surface area contributed by atoms with E-state index in [1.165, 1.54) is 12.1 Å². The second-order valence-corrected chi connectivity index (χ2v) is 6.17. The fourth-order valence-electron chi connectivity index (χ4n) is 1.73. The Morgan fingerprint density at radius 3 is 2.11 bits per heavy atom. The summed E-state index contributed by atoms with van der Waals surface area (Å²) in [6.07, 6.45) is 0. The van der Waals surface area contributed by atoms with Crippen LogP contribution in [0.3, 0.4) is 0 Å². The molecule has 0 aliphatic rings. The van der Waals surface area contributed by atoms with Gasteiger partial charge in [-0.3, -0.25) is 0 Å². The quantitative estimate of drug-likeness (QED) is 0.851. The van der Waals surface area contributed by atoms with Crippen molar-refractivity contribution >= 4 is 9.84 Å². The van der Waals surface area contributed by atoms with Crippen molar-refractivity contribution in [3.8, 4) is 0 Å². The topological polar surface area (TPSA) is 34.1 Å². The van der Waals surface area contributed by atoms with E-state index in [2.05, 4.69) is 0 Å². The first-order valence-corrected chi connectivity index (χ1v) is 7.37. The molecule has 0 aromatic heterocycles. The molecule has 0 atom stereocenters. The highest BCUT2D eigenvalue weighted by Crippen LogP contribution is 2.14. The zero-order chi connectivity index (χ0) is 13.0. The highest BCUT2D eigenvalue weighted by Gasteiger charge is 2.15. The third-order valence-electron chi connectivity index (χ3n) is 2.56. The molecule has 0 fully saturated rings. The van der Waals surface area contributed by atoms with Crippen LogP contribution in [0.5, 0.6) is 0 Å². The first-order valence-electron chi connectivity index (χ1n) is 5.54. The van der Waals surface area contributed by atoms with Gasteiger partial charge in [-0.05, 0) is 11.6 Å². The van der Waals surface area contributed by atoms with E-state index in [9.17, 15) is 12.8 Å². The number of sulfone groups is 1.